The molecule has 0 aromatic heterocycles. The van der Waals surface area contributed by atoms with E-state index in [1.54, 1.807) is 19.2 Å². The molecular formula is C25H32N2O5S2. The van der Waals surface area contributed by atoms with Gasteiger partial charge < -0.3 is 14.4 Å². The number of likely N-dealkylation sites (N-methyl/N-ethyl adjacent to an activating group) is 1. The number of carbonyl (C=O) groups is 1. The molecule has 7 nitrogen and oxygen atoms in total. The van der Waals surface area contributed by atoms with Crippen LogP contribution in [0.5, 0.6) is 5.75 Å². The molecule has 34 heavy (non-hydrogen) atoms. The molecule has 2 aromatic carbocycles. The van der Waals surface area contributed by atoms with Crippen LogP contribution in [-0.2, 0) is 19.6 Å². The highest BCUT2D eigenvalue weighted by atomic mass is 32.2. The molecule has 0 aliphatic carbocycles. The van der Waals surface area contributed by atoms with E-state index in [1.807, 2.05) is 42.7 Å². The summed E-state index contributed by atoms with van der Waals surface area (Å²) in [6.07, 6.45) is 7.46. The average molecular weight is 505 g/mol. The van der Waals surface area contributed by atoms with E-state index in [0.29, 0.717) is 18.0 Å². The fourth-order valence-corrected chi connectivity index (χ4v) is 6.02. The number of ether oxygens (including phenoxy) is 2. The minimum Gasteiger partial charge on any atom is -0.488 e. The Kier molecular flexibility index (Phi) is 9.04. The number of carbonyl (C=O) groups excluding carboxylic acids is 1. The molecule has 0 N–H and O–H groups in total. The fraction of sp³-hybridized carbons (Fsp3) is 0.400. The van der Waals surface area contributed by atoms with Crippen molar-refractivity contribution in [1.29, 1.82) is 0 Å². The van der Waals surface area contributed by atoms with Crippen LogP contribution in [0.4, 0.5) is 11.4 Å². The third-order valence-corrected chi connectivity index (χ3v) is 8.55. The van der Waals surface area contributed by atoms with E-state index in [2.05, 4.69) is 16.6 Å². The second kappa shape index (κ2) is 11.8. The van der Waals surface area contributed by atoms with Crippen molar-refractivity contribution in [3.05, 3.63) is 54.6 Å². The predicted octanol–water partition coefficient (Wildman–Crippen LogP) is 4.85. The Balaban J connectivity index is 2.10. The number of unbranched alkanes of at least 4 members (excludes halogenated alkanes) is 1. The number of hydrogen-bond acceptors (Lipinski definition) is 7. The summed E-state index contributed by atoms with van der Waals surface area (Å²) in [6.45, 7) is 2.78. The monoisotopic (exact) mass is 504 g/mol. The molecule has 3 rings (SSSR count). The molecule has 0 amide bonds. The summed E-state index contributed by atoms with van der Waals surface area (Å²) in [5.74, 6) is -0.0193. The summed E-state index contributed by atoms with van der Waals surface area (Å²) in [5.41, 5.74) is 1.58. The number of nitrogens with zero attached hydrogens (tertiary/aromatic N) is 2. The number of sulfonamides is 1. The Hall–Kier alpha value is -2.49. The molecule has 0 saturated carbocycles. The quantitative estimate of drug-likeness (QED) is 0.275. The van der Waals surface area contributed by atoms with Gasteiger partial charge in [-0.3, -0.25) is 0 Å². The van der Waals surface area contributed by atoms with E-state index in [0.717, 1.165) is 29.8 Å². The number of para-hydroxylation sites is 1. The lowest BCUT2D eigenvalue weighted by Crippen LogP contribution is -2.40. The molecule has 1 aliphatic heterocycles. The van der Waals surface area contributed by atoms with Gasteiger partial charge in [-0.2, -0.15) is 4.31 Å². The third-order valence-electron chi connectivity index (χ3n) is 5.85. The molecule has 0 bridgehead atoms. The van der Waals surface area contributed by atoms with Gasteiger partial charge >= 0.3 is 5.97 Å². The number of hydrogen-bond donors (Lipinski definition) is 0. The zero-order valence-corrected chi connectivity index (χ0v) is 21.7. The molecule has 0 spiro atoms. The molecule has 184 valence electrons. The standard InChI is InChI=1S/C25H32N2O5S2/c1-5-6-11-20-18-27(19-12-8-7-9-13-19)21-16-23(33-4)22(32-15-10-14-25(28)31-3)17-24(21)34(29,30)26(20)2/h7-10,12-14,16-17,20H,5-6,11,15,18H2,1-4H3/b14-10+. The summed E-state index contributed by atoms with van der Waals surface area (Å²) >= 11 is 1.48. The van der Waals surface area contributed by atoms with Gasteiger partial charge in [0.25, 0.3) is 0 Å². The van der Waals surface area contributed by atoms with Crippen molar-refractivity contribution in [2.75, 3.05) is 38.5 Å². The first kappa shape index (κ1) is 26.1. The van der Waals surface area contributed by atoms with Gasteiger partial charge in [-0.1, -0.05) is 38.0 Å². The Labute approximate surface area is 206 Å². The maximum atomic E-state index is 13.7. The topological polar surface area (TPSA) is 76.1 Å². The van der Waals surface area contributed by atoms with E-state index in [-0.39, 0.29) is 17.5 Å². The number of fused-ring (bicyclic) bond motifs is 1. The number of anilines is 2. The molecule has 1 atom stereocenters. The van der Waals surface area contributed by atoms with Crippen molar-refractivity contribution in [3.63, 3.8) is 0 Å². The molecule has 0 fully saturated rings. The smallest absolute Gasteiger partial charge is 0.330 e. The van der Waals surface area contributed by atoms with Gasteiger partial charge in [0.05, 0.1) is 17.7 Å². The molecule has 2 aromatic rings. The van der Waals surface area contributed by atoms with Crippen molar-refractivity contribution in [1.82, 2.24) is 4.31 Å². The maximum absolute atomic E-state index is 13.7. The Morgan fingerprint density at radius 3 is 2.62 bits per heavy atom. The SMILES string of the molecule is CCCCC1CN(c2ccccc2)c2cc(SC)c(OC/C=C/C(=O)OC)cc2S(=O)(=O)N1C. The lowest BCUT2D eigenvalue weighted by molar-refractivity contribution is -0.134. The lowest BCUT2D eigenvalue weighted by Gasteiger charge is -2.29. The fourth-order valence-electron chi connectivity index (χ4n) is 3.91. The summed E-state index contributed by atoms with van der Waals surface area (Å²) in [6, 6.07) is 13.2. The number of methoxy groups -OCH3 is 1. The van der Waals surface area contributed by atoms with Gasteiger partial charge in [-0.05, 0) is 37.0 Å². The van der Waals surface area contributed by atoms with Gasteiger partial charge in [0.15, 0.2) is 0 Å². The molecular weight excluding hydrogens is 472 g/mol. The van der Waals surface area contributed by atoms with Gasteiger partial charge in [-0.15, -0.1) is 11.8 Å². The minimum atomic E-state index is -3.76. The minimum absolute atomic E-state index is 0.110. The van der Waals surface area contributed by atoms with Crippen molar-refractivity contribution in [2.45, 2.75) is 42.0 Å². The first-order valence-corrected chi connectivity index (χ1v) is 13.9. The summed E-state index contributed by atoms with van der Waals surface area (Å²) in [5, 5.41) is 0. The first-order valence-electron chi connectivity index (χ1n) is 11.2. The van der Waals surface area contributed by atoms with Crippen LogP contribution < -0.4 is 9.64 Å². The average Bonchev–Trinajstić information content (AvgIpc) is 2.93. The van der Waals surface area contributed by atoms with Gasteiger partial charge in [0.2, 0.25) is 10.0 Å². The number of rotatable bonds is 9. The van der Waals surface area contributed by atoms with Gasteiger partial charge in [0, 0.05) is 37.5 Å². The van der Waals surface area contributed by atoms with Crippen LogP contribution in [0.25, 0.3) is 0 Å². The molecule has 9 heteroatoms. The highest BCUT2D eigenvalue weighted by Gasteiger charge is 2.37. The Bertz CT molecular complexity index is 1120. The highest BCUT2D eigenvalue weighted by molar-refractivity contribution is 7.98. The van der Waals surface area contributed by atoms with Crippen molar-refractivity contribution >= 4 is 39.1 Å². The number of benzene rings is 2. The van der Waals surface area contributed by atoms with Crippen LogP contribution in [0.2, 0.25) is 0 Å². The van der Waals surface area contributed by atoms with Crippen molar-refractivity contribution in [3.8, 4) is 5.75 Å². The highest BCUT2D eigenvalue weighted by Crippen LogP contribution is 2.43. The van der Waals surface area contributed by atoms with Crippen LogP contribution in [0.1, 0.15) is 26.2 Å². The Morgan fingerprint density at radius 2 is 1.97 bits per heavy atom. The zero-order chi connectivity index (χ0) is 24.7. The predicted molar refractivity (Wildman–Crippen MR) is 137 cm³/mol. The molecule has 1 aliphatic rings. The van der Waals surface area contributed by atoms with Crippen LogP contribution >= 0.6 is 11.8 Å². The second-order valence-corrected chi connectivity index (χ2v) is 10.8. The maximum Gasteiger partial charge on any atom is 0.330 e. The second-order valence-electron chi connectivity index (χ2n) is 7.97. The van der Waals surface area contributed by atoms with Crippen molar-refractivity contribution in [2.24, 2.45) is 0 Å². The summed E-state index contributed by atoms with van der Waals surface area (Å²) in [7, 11) is -0.795. The number of thioether (sulfide) groups is 1. The molecule has 0 radical (unpaired) electrons. The van der Waals surface area contributed by atoms with Gasteiger partial charge in [-0.25, -0.2) is 13.2 Å². The van der Waals surface area contributed by atoms with E-state index < -0.39 is 16.0 Å². The van der Waals surface area contributed by atoms with E-state index >= 15 is 0 Å². The van der Waals surface area contributed by atoms with Crippen LogP contribution in [0.3, 0.4) is 0 Å². The third kappa shape index (κ3) is 5.76. The molecule has 1 heterocycles. The van der Waals surface area contributed by atoms with E-state index in [4.69, 9.17) is 4.74 Å². The lowest BCUT2D eigenvalue weighted by atomic mass is 10.1. The largest absolute Gasteiger partial charge is 0.488 e. The summed E-state index contributed by atoms with van der Waals surface area (Å²) < 4.78 is 39.5. The Morgan fingerprint density at radius 1 is 1.24 bits per heavy atom. The normalized spacial score (nSPS) is 17.9. The van der Waals surface area contributed by atoms with Crippen LogP contribution in [-0.4, -0.2) is 58.3 Å². The molecule has 1 unspecified atom stereocenters. The van der Waals surface area contributed by atoms with Crippen LogP contribution in [0.15, 0.2) is 64.4 Å². The van der Waals surface area contributed by atoms with Crippen molar-refractivity contribution < 1.29 is 22.7 Å². The van der Waals surface area contributed by atoms with E-state index in [9.17, 15) is 13.2 Å². The van der Waals surface area contributed by atoms with Crippen LogP contribution in [0, 0.1) is 0 Å². The van der Waals surface area contributed by atoms with Gasteiger partial charge in [0.1, 0.15) is 17.3 Å². The van der Waals surface area contributed by atoms with E-state index in [1.165, 1.54) is 29.3 Å². The number of esters is 1. The first-order chi connectivity index (χ1) is 16.3. The summed E-state index contributed by atoms with van der Waals surface area (Å²) in [4.78, 5) is 14.4. The molecule has 0 saturated heterocycles. The zero-order valence-electron chi connectivity index (χ0n) is 20.1.